The number of nitrogens with one attached hydrogen (secondary N) is 3. The van der Waals surface area contributed by atoms with Gasteiger partial charge in [-0.2, -0.15) is 5.10 Å². The van der Waals surface area contributed by atoms with Crippen molar-refractivity contribution in [2.24, 2.45) is 12.0 Å². The summed E-state index contributed by atoms with van der Waals surface area (Å²) in [5, 5.41) is 17.7. The first-order chi connectivity index (χ1) is 14.7. The molecule has 3 aromatic rings. The van der Waals surface area contributed by atoms with Crippen LogP contribution < -0.4 is 16.0 Å². The highest BCUT2D eigenvalue weighted by Crippen LogP contribution is 2.41. The van der Waals surface area contributed by atoms with E-state index in [9.17, 15) is 0 Å². The van der Waals surface area contributed by atoms with Gasteiger partial charge in [0.25, 0.3) is 0 Å². The van der Waals surface area contributed by atoms with Gasteiger partial charge in [-0.3, -0.25) is 9.67 Å². The molecule has 0 aromatic carbocycles. The van der Waals surface area contributed by atoms with E-state index in [-0.39, 0.29) is 29.4 Å². The van der Waals surface area contributed by atoms with E-state index in [2.05, 4.69) is 53.5 Å². The van der Waals surface area contributed by atoms with Crippen LogP contribution in [0.3, 0.4) is 0 Å². The normalized spacial score (nSPS) is 16.0. The standard InChI is InChI=1S/C21H30N8S.HI/c1-22-20(25-14-21(8-4-3-5-9-21)17-7-6-12-30-17)24-11-10-23-18-16-13-28-29(2)19(16)27-15-26-18;/h6-7,12-13,15H,3-5,8-11,14H2,1-2H3,(H2,22,24,25)(H,23,26,27);1H. The predicted octanol–water partition coefficient (Wildman–Crippen LogP) is 3.52. The first-order valence-electron chi connectivity index (χ1n) is 10.6. The number of aliphatic imine (C=N–C) groups is 1. The van der Waals surface area contributed by atoms with Gasteiger partial charge in [0.1, 0.15) is 12.1 Å². The number of aromatic nitrogens is 4. The molecule has 168 valence electrons. The fraction of sp³-hybridized carbons (Fsp3) is 0.524. The Bertz CT molecular complexity index is 979. The number of rotatable bonds is 7. The monoisotopic (exact) mass is 554 g/mol. The first kappa shape index (κ1) is 23.7. The summed E-state index contributed by atoms with van der Waals surface area (Å²) in [5.74, 6) is 1.64. The van der Waals surface area contributed by atoms with Gasteiger partial charge in [-0.05, 0) is 24.3 Å². The molecular weight excluding hydrogens is 523 g/mol. The van der Waals surface area contributed by atoms with Gasteiger partial charge in [-0.15, -0.1) is 35.3 Å². The van der Waals surface area contributed by atoms with E-state index in [1.165, 1.54) is 37.0 Å². The number of guanidine groups is 1. The highest BCUT2D eigenvalue weighted by Gasteiger charge is 2.34. The molecule has 3 N–H and O–H groups in total. The quantitative estimate of drug-likeness (QED) is 0.179. The highest BCUT2D eigenvalue weighted by molar-refractivity contribution is 14.0. The summed E-state index contributed by atoms with van der Waals surface area (Å²) in [6, 6.07) is 4.46. The number of halogens is 1. The van der Waals surface area contributed by atoms with Crippen LogP contribution in [-0.2, 0) is 12.5 Å². The topological polar surface area (TPSA) is 92.1 Å². The van der Waals surface area contributed by atoms with Crippen molar-refractivity contribution < 1.29 is 0 Å². The molecule has 8 nitrogen and oxygen atoms in total. The first-order valence-corrected chi connectivity index (χ1v) is 11.4. The SMILES string of the molecule is CN=C(NCCNc1ncnc2c1cnn2C)NCC1(c2cccs2)CCCCC1.I. The van der Waals surface area contributed by atoms with Crippen molar-refractivity contribution >= 4 is 58.1 Å². The summed E-state index contributed by atoms with van der Waals surface area (Å²) in [4.78, 5) is 14.5. The third kappa shape index (κ3) is 5.46. The Morgan fingerprint density at radius 3 is 2.77 bits per heavy atom. The minimum atomic E-state index is 0. The molecule has 0 amide bonds. The van der Waals surface area contributed by atoms with E-state index in [0.29, 0.717) is 0 Å². The molecule has 1 aliphatic carbocycles. The summed E-state index contributed by atoms with van der Waals surface area (Å²) >= 11 is 1.88. The third-order valence-corrected chi connectivity index (χ3v) is 7.03. The van der Waals surface area contributed by atoms with Crippen LogP contribution in [0.25, 0.3) is 11.0 Å². The van der Waals surface area contributed by atoms with Gasteiger partial charge in [0.2, 0.25) is 0 Å². The lowest BCUT2D eigenvalue weighted by Gasteiger charge is -2.37. The lowest BCUT2D eigenvalue weighted by molar-refractivity contribution is 0.296. The molecule has 10 heteroatoms. The summed E-state index contributed by atoms with van der Waals surface area (Å²) in [6.07, 6.45) is 9.80. The van der Waals surface area contributed by atoms with Crippen LogP contribution in [0, 0.1) is 0 Å². The smallest absolute Gasteiger partial charge is 0.191 e. The van der Waals surface area contributed by atoms with Crippen molar-refractivity contribution in [3.63, 3.8) is 0 Å². The molecule has 4 rings (SSSR count). The molecule has 31 heavy (non-hydrogen) atoms. The van der Waals surface area contributed by atoms with Gasteiger partial charge < -0.3 is 16.0 Å². The van der Waals surface area contributed by atoms with Crippen molar-refractivity contribution in [3.8, 4) is 0 Å². The van der Waals surface area contributed by atoms with Crippen LogP contribution >= 0.6 is 35.3 Å². The van der Waals surface area contributed by atoms with Gasteiger partial charge in [0, 0.05) is 44.0 Å². The Morgan fingerprint density at radius 1 is 1.19 bits per heavy atom. The lowest BCUT2D eigenvalue weighted by atomic mass is 9.73. The zero-order valence-corrected chi connectivity index (χ0v) is 21.2. The second-order valence-corrected chi connectivity index (χ2v) is 8.77. The van der Waals surface area contributed by atoms with E-state index < -0.39 is 0 Å². The molecular formula is C21H31IN8S. The Balaban J connectivity index is 0.00000272. The number of nitrogens with zero attached hydrogens (tertiary/aromatic N) is 5. The van der Waals surface area contributed by atoms with Crippen molar-refractivity contribution in [1.82, 2.24) is 30.4 Å². The molecule has 1 aliphatic rings. The Kier molecular flexibility index (Phi) is 8.47. The number of aryl methyl sites for hydroxylation is 1. The number of thiophene rings is 1. The van der Waals surface area contributed by atoms with Crippen molar-refractivity contribution in [2.45, 2.75) is 37.5 Å². The Labute approximate surface area is 204 Å². The van der Waals surface area contributed by atoms with Gasteiger partial charge in [-0.1, -0.05) is 25.3 Å². The third-order valence-electron chi connectivity index (χ3n) is 5.91. The summed E-state index contributed by atoms with van der Waals surface area (Å²) in [7, 11) is 3.71. The average Bonchev–Trinajstić information content (AvgIpc) is 3.45. The molecule has 0 bridgehead atoms. The van der Waals surface area contributed by atoms with Crippen molar-refractivity contribution in [2.75, 3.05) is 32.0 Å². The highest BCUT2D eigenvalue weighted by atomic mass is 127. The predicted molar refractivity (Wildman–Crippen MR) is 139 cm³/mol. The van der Waals surface area contributed by atoms with Crippen molar-refractivity contribution in [3.05, 3.63) is 34.9 Å². The van der Waals surface area contributed by atoms with Crippen LogP contribution in [0.4, 0.5) is 5.82 Å². The summed E-state index contributed by atoms with van der Waals surface area (Å²) in [6.45, 7) is 2.37. The maximum absolute atomic E-state index is 4.41. The number of anilines is 1. The molecule has 0 aliphatic heterocycles. The average molecular weight is 555 g/mol. The molecule has 0 spiro atoms. The van der Waals surface area contributed by atoms with Crippen LogP contribution in [0.15, 0.2) is 35.0 Å². The second kappa shape index (κ2) is 11.1. The van der Waals surface area contributed by atoms with Crippen LogP contribution in [0.2, 0.25) is 0 Å². The molecule has 0 atom stereocenters. The Morgan fingerprint density at radius 2 is 2.03 bits per heavy atom. The molecule has 3 heterocycles. The largest absolute Gasteiger partial charge is 0.368 e. The molecule has 3 aromatic heterocycles. The van der Waals surface area contributed by atoms with E-state index in [0.717, 1.165) is 42.4 Å². The number of hydrogen-bond acceptors (Lipinski definition) is 6. The van der Waals surface area contributed by atoms with Gasteiger partial charge in [-0.25, -0.2) is 9.97 Å². The van der Waals surface area contributed by atoms with Gasteiger partial charge in [0.15, 0.2) is 11.6 Å². The van der Waals surface area contributed by atoms with E-state index in [1.54, 1.807) is 17.2 Å². The minimum Gasteiger partial charge on any atom is -0.368 e. The minimum absolute atomic E-state index is 0. The molecule has 0 radical (unpaired) electrons. The zero-order valence-electron chi connectivity index (χ0n) is 18.1. The molecule has 1 saturated carbocycles. The maximum Gasteiger partial charge on any atom is 0.191 e. The fourth-order valence-corrected chi connectivity index (χ4v) is 5.24. The molecule has 1 fully saturated rings. The summed E-state index contributed by atoms with van der Waals surface area (Å²) < 4.78 is 1.75. The van der Waals surface area contributed by atoms with Crippen LogP contribution in [0.1, 0.15) is 37.0 Å². The number of hydrogen-bond donors (Lipinski definition) is 3. The molecule has 0 saturated heterocycles. The number of fused-ring (bicyclic) bond motifs is 1. The van der Waals surface area contributed by atoms with Crippen LogP contribution in [-0.4, -0.2) is 52.4 Å². The fourth-order valence-electron chi connectivity index (χ4n) is 4.26. The van der Waals surface area contributed by atoms with Crippen LogP contribution in [0.5, 0.6) is 0 Å². The van der Waals surface area contributed by atoms with Gasteiger partial charge in [0.05, 0.1) is 11.6 Å². The van der Waals surface area contributed by atoms with Crippen molar-refractivity contribution in [1.29, 1.82) is 0 Å². The Hall–Kier alpha value is -1.95. The summed E-state index contributed by atoms with van der Waals surface area (Å²) in [5.41, 5.74) is 1.05. The molecule has 0 unspecified atom stereocenters. The van der Waals surface area contributed by atoms with E-state index in [1.807, 2.05) is 25.4 Å². The lowest BCUT2D eigenvalue weighted by Crippen LogP contribution is -2.47. The van der Waals surface area contributed by atoms with Gasteiger partial charge >= 0.3 is 0 Å². The maximum atomic E-state index is 4.41. The second-order valence-electron chi connectivity index (χ2n) is 7.83. The van der Waals surface area contributed by atoms with E-state index >= 15 is 0 Å². The zero-order chi connectivity index (χ0) is 20.8. The van der Waals surface area contributed by atoms with E-state index in [4.69, 9.17) is 0 Å².